The molecular formula is C11H19N3O2S. The Morgan fingerprint density at radius 3 is 2.88 bits per heavy atom. The Kier molecular flexibility index (Phi) is 5.54. The van der Waals surface area contributed by atoms with Crippen molar-refractivity contribution in [2.75, 3.05) is 26.4 Å². The zero-order valence-electron chi connectivity index (χ0n) is 10.4. The Balaban J connectivity index is 2.48. The van der Waals surface area contributed by atoms with Crippen LogP contribution in [-0.2, 0) is 5.75 Å². The Labute approximate surface area is 106 Å². The molecule has 0 aliphatic heterocycles. The van der Waals surface area contributed by atoms with Crippen LogP contribution in [0.25, 0.3) is 0 Å². The molecule has 0 aliphatic rings. The Bertz CT molecular complexity index is 377. The van der Waals surface area contributed by atoms with E-state index in [0.717, 1.165) is 29.4 Å². The van der Waals surface area contributed by atoms with E-state index in [9.17, 15) is 4.79 Å². The van der Waals surface area contributed by atoms with Crippen LogP contribution in [0, 0.1) is 6.92 Å². The van der Waals surface area contributed by atoms with Crippen LogP contribution in [0.5, 0.6) is 0 Å². The molecule has 6 heteroatoms. The summed E-state index contributed by atoms with van der Waals surface area (Å²) < 4.78 is 5.33. The van der Waals surface area contributed by atoms with Crippen molar-refractivity contribution < 1.29 is 9.21 Å². The fourth-order valence-corrected chi connectivity index (χ4v) is 2.42. The molecule has 0 atom stereocenters. The number of hydrogen-bond donors (Lipinski definition) is 2. The lowest BCUT2D eigenvalue weighted by Crippen LogP contribution is -2.29. The third-order valence-corrected chi connectivity index (χ3v) is 3.30. The third-order valence-electron chi connectivity index (χ3n) is 2.32. The molecule has 0 bridgehead atoms. The molecule has 0 spiro atoms. The van der Waals surface area contributed by atoms with Crippen molar-refractivity contribution in [1.29, 1.82) is 0 Å². The molecule has 1 rings (SSSR count). The predicted octanol–water partition coefficient (Wildman–Crippen LogP) is 0.986. The van der Waals surface area contributed by atoms with Gasteiger partial charge in [0.1, 0.15) is 5.76 Å². The van der Waals surface area contributed by atoms with Gasteiger partial charge in [-0.3, -0.25) is 10.2 Å². The van der Waals surface area contributed by atoms with E-state index in [1.54, 1.807) is 6.07 Å². The fraction of sp³-hybridized carbons (Fsp3) is 0.545. The summed E-state index contributed by atoms with van der Waals surface area (Å²) in [5, 5.41) is 0. The number of hydrazine groups is 1. The zero-order chi connectivity index (χ0) is 12.8. The lowest BCUT2D eigenvalue weighted by atomic mass is 10.3. The minimum Gasteiger partial charge on any atom is -0.456 e. The molecule has 3 N–H and O–H groups in total. The quantitative estimate of drug-likeness (QED) is 0.344. The highest BCUT2D eigenvalue weighted by Gasteiger charge is 2.12. The second kappa shape index (κ2) is 6.68. The number of nitrogens with one attached hydrogen (secondary N) is 1. The van der Waals surface area contributed by atoms with Crippen molar-refractivity contribution >= 4 is 17.7 Å². The predicted molar refractivity (Wildman–Crippen MR) is 69.8 cm³/mol. The van der Waals surface area contributed by atoms with Gasteiger partial charge in [0.15, 0.2) is 5.76 Å². The van der Waals surface area contributed by atoms with Gasteiger partial charge in [0, 0.05) is 23.6 Å². The third kappa shape index (κ3) is 4.41. The van der Waals surface area contributed by atoms with Crippen LogP contribution in [0.3, 0.4) is 0 Å². The molecule has 96 valence electrons. The molecule has 0 aromatic carbocycles. The summed E-state index contributed by atoms with van der Waals surface area (Å²) in [6, 6.07) is 1.75. The molecule has 0 radical (unpaired) electrons. The lowest BCUT2D eigenvalue weighted by Gasteiger charge is -2.07. The molecule has 0 fully saturated rings. The topological polar surface area (TPSA) is 71.5 Å². The van der Waals surface area contributed by atoms with Gasteiger partial charge in [0.05, 0.1) is 0 Å². The minimum atomic E-state index is -0.391. The molecule has 0 saturated heterocycles. The number of nitrogens with two attached hydrogens (primary N) is 1. The molecular weight excluding hydrogens is 238 g/mol. The SMILES string of the molecule is Cc1oc(C(=O)NN)cc1CSCCN(C)C. The standard InChI is InChI=1S/C11H19N3O2S/c1-8-9(7-17-5-4-14(2)3)6-10(16-8)11(15)13-12/h6H,4-5,7,12H2,1-3H3,(H,13,15). The number of furan rings is 1. The molecule has 1 aromatic rings. The maximum Gasteiger partial charge on any atom is 0.300 e. The Hall–Kier alpha value is -0.980. The second-order valence-corrected chi connectivity index (χ2v) is 5.13. The first-order valence-electron chi connectivity index (χ1n) is 5.37. The molecule has 1 aromatic heterocycles. The van der Waals surface area contributed by atoms with Crippen LogP contribution in [0.4, 0.5) is 0 Å². The average molecular weight is 257 g/mol. The molecule has 0 aliphatic carbocycles. The van der Waals surface area contributed by atoms with Crippen molar-refractivity contribution in [1.82, 2.24) is 10.3 Å². The molecule has 0 saturated carbocycles. The number of amides is 1. The van der Waals surface area contributed by atoms with Crippen molar-refractivity contribution in [3.05, 3.63) is 23.2 Å². The van der Waals surface area contributed by atoms with Crippen molar-refractivity contribution in [3.63, 3.8) is 0 Å². The van der Waals surface area contributed by atoms with Crippen molar-refractivity contribution in [2.45, 2.75) is 12.7 Å². The summed E-state index contributed by atoms with van der Waals surface area (Å²) in [5.74, 6) is 7.61. The van der Waals surface area contributed by atoms with Crippen LogP contribution in [0.2, 0.25) is 0 Å². The summed E-state index contributed by atoms with van der Waals surface area (Å²) in [6.45, 7) is 2.90. The van der Waals surface area contributed by atoms with Gasteiger partial charge >= 0.3 is 5.91 Å². The summed E-state index contributed by atoms with van der Waals surface area (Å²) in [5.41, 5.74) is 3.11. The zero-order valence-corrected chi connectivity index (χ0v) is 11.3. The molecule has 5 nitrogen and oxygen atoms in total. The van der Waals surface area contributed by atoms with E-state index in [-0.39, 0.29) is 5.76 Å². The van der Waals surface area contributed by atoms with Gasteiger partial charge < -0.3 is 9.32 Å². The largest absolute Gasteiger partial charge is 0.456 e. The number of carbonyl (C=O) groups excluding carboxylic acids is 1. The maximum atomic E-state index is 11.3. The number of hydrogen-bond acceptors (Lipinski definition) is 5. The highest BCUT2D eigenvalue weighted by molar-refractivity contribution is 7.98. The second-order valence-electron chi connectivity index (χ2n) is 4.02. The van der Waals surface area contributed by atoms with Gasteiger partial charge in [0.2, 0.25) is 0 Å². The molecule has 1 heterocycles. The van der Waals surface area contributed by atoms with E-state index in [2.05, 4.69) is 10.3 Å². The number of carbonyl (C=O) groups is 1. The Morgan fingerprint density at radius 1 is 1.59 bits per heavy atom. The number of nitrogen functional groups attached to an aromatic ring is 1. The van der Waals surface area contributed by atoms with Gasteiger partial charge in [-0.2, -0.15) is 11.8 Å². The van der Waals surface area contributed by atoms with Crippen molar-refractivity contribution in [2.24, 2.45) is 5.84 Å². The number of thioether (sulfide) groups is 1. The summed E-state index contributed by atoms with van der Waals surface area (Å²) in [4.78, 5) is 13.4. The van der Waals surface area contributed by atoms with Crippen LogP contribution in [0.15, 0.2) is 10.5 Å². The van der Waals surface area contributed by atoms with Crippen molar-refractivity contribution in [3.8, 4) is 0 Å². The molecule has 1 amide bonds. The first kappa shape index (κ1) is 14.1. The van der Waals surface area contributed by atoms with E-state index in [1.165, 1.54) is 0 Å². The van der Waals surface area contributed by atoms with Crippen LogP contribution >= 0.6 is 11.8 Å². The average Bonchev–Trinajstić information content (AvgIpc) is 2.65. The number of aryl methyl sites for hydroxylation is 1. The van der Waals surface area contributed by atoms with E-state index in [0.29, 0.717) is 0 Å². The highest BCUT2D eigenvalue weighted by atomic mass is 32.2. The van der Waals surface area contributed by atoms with Crippen LogP contribution in [-0.4, -0.2) is 37.2 Å². The van der Waals surface area contributed by atoms with Gasteiger partial charge in [0.25, 0.3) is 0 Å². The van der Waals surface area contributed by atoms with E-state index in [1.807, 2.05) is 32.8 Å². The van der Waals surface area contributed by atoms with E-state index < -0.39 is 5.91 Å². The monoisotopic (exact) mass is 257 g/mol. The van der Waals surface area contributed by atoms with Gasteiger partial charge in [-0.25, -0.2) is 5.84 Å². The number of nitrogens with zero attached hydrogens (tertiary/aromatic N) is 1. The first-order chi connectivity index (χ1) is 8.04. The highest BCUT2D eigenvalue weighted by Crippen LogP contribution is 2.20. The first-order valence-corrected chi connectivity index (χ1v) is 6.52. The minimum absolute atomic E-state index is 0.271. The van der Waals surface area contributed by atoms with Gasteiger partial charge in [-0.15, -0.1) is 0 Å². The van der Waals surface area contributed by atoms with Crippen LogP contribution < -0.4 is 11.3 Å². The van der Waals surface area contributed by atoms with Crippen LogP contribution in [0.1, 0.15) is 21.9 Å². The normalized spacial score (nSPS) is 10.9. The fourth-order valence-electron chi connectivity index (χ4n) is 1.28. The summed E-state index contributed by atoms with van der Waals surface area (Å²) >= 11 is 1.82. The number of rotatable bonds is 6. The lowest BCUT2D eigenvalue weighted by molar-refractivity contribution is 0.0924. The molecule has 0 unspecified atom stereocenters. The summed E-state index contributed by atoms with van der Waals surface area (Å²) in [6.07, 6.45) is 0. The van der Waals surface area contributed by atoms with E-state index >= 15 is 0 Å². The van der Waals surface area contributed by atoms with Gasteiger partial charge in [-0.05, 0) is 27.1 Å². The van der Waals surface area contributed by atoms with Gasteiger partial charge in [-0.1, -0.05) is 0 Å². The van der Waals surface area contributed by atoms with E-state index in [4.69, 9.17) is 10.3 Å². The smallest absolute Gasteiger partial charge is 0.300 e. The molecule has 17 heavy (non-hydrogen) atoms. The Morgan fingerprint density at radius 2 is 2.29 bits per heavy atom. The summed E-state index contributed by atoms with van der Waals surface area (Å²) in [7, 11) is 4.10. The maximum absolute atomic E-state index is 11.3.